The minimum absolute atomic E-state index is 0.190. The molecule has 2 aliphatic heterocycles. The molecule has 0 atom stereocenters. The number of fused-ring (bicyclic) bond motifs is 8. The Morgan fingerprint density at radius 3 is 0.680 bits per heavy atom. The van der Waals surface area contributed by atoms with Crippen molar-refractivity contribution >= 4 is 46.4 Å². The third-order valence-corrected chi connectivity index (χ3v) is 17.4. The highest BCUT2D eigenvalue weighted by Gasteiger charge is 2.21. The summed E-state index contributed by atoms with van der Waals surface area (Å²) in [5.74, 6) is 5.03. The molecule has 100 heavy (non-hydrogen) atoms. The molecule has 8 bridgehead atoms. The molecule has 16 nitrogen and oxygen atoms in total. The van der Waals surface area contributed by atoms with Gasteiger partial charge in [-0.05, 0) is 119 Å². The van der Waals surface area contributed by atoms with Crippen LogP contribution in [-0.4, -0.2) is 40.6 Å². The third-order valence-electron chi connectivity index (χ3n) is 17.4. The fourth-order valence-corrected chi connectivity index (χ4v) is 12.4. The topological polar surface area (TPSA) is 198 Å². The molecule has 0 spiro atoms. The van der Waals surface area contributed by atoms with Crippen LogP contribution in [0.15, 0.2) is 285 Å². The average Bonchev–Trinajstić information content (AvgIpc) is 1.47. The van der Waals surface area contributed by atoms with Crippen LogP contribution in [0.2, 0.25) is 0 Å². The fraction of sp³-hybridized carbons (Fsp3) is 0.0476. The van der Waals surface area contributed by atoms with E-state index in [2.05, 4.69) is 128 Å². The Hall–Kier alpha value is -13.6. The maximum Gasteiger partial charge on any atom is 0.174 e. The van der Waals surface area contributed by atoms with Gasteiger partial charge >= 0.3 is 0 Å². The molecule has 2 aliphatic rings. The second-order valence-electron chi connectivity index (χ2n) is 23.9. The molecule has 8 aromatic carbocycles. The second kappa shape index (κ2) is 26.9. The molecule has 9 heterocycles. The summed E-state index contributed by atoms with van der Waals surface area (Å²) in [5.41, 5.74) is 20.1. The van der Waals surface area contributed by atoms with E-state index < -0.39 is 0 Å². The van der Waals surface area contributed by atoms with Gasteiger partial charge in [0.15, 0.2) is 23.0 Å². The van der Waals surface area contributed by atoms with Gasteiger partial charge in [0.2, 0.25) is 0 Å². The molecule has 17 rings (SSSR count). The third kappa shape index (κ3) is 12.8. The van der Waals surface area contributed by atoms with E-state index >= 15 is 0 Å². The number of aromatic nitrogens is 8. The highest BCUT2D eigenvalue weighted by molar-refractivity contribution is 6.00. The van der Waals surface area contributed by atoms with E-state index in [0.717, 1.165) is 134 Å². The van der Waals surface area contributed by atoms with Crippen LogP contribution in [0.3, 0.4) is 0 Å². The lowest BCUT2D eigenvalue weighted by Gasteiger charge is -2.09. The predicted molar refractivity (Wildman–Crippen MR) is 386 cm³/mol. The second-order valence-corrected chi connectivity index (χ2v) is 23.9. The summed E-state index contributed by atoms with van der Waals surface area (Å²) in [6, 6.07) is 87.9. The van der Waals surface area contributed by atoms with E-state index in [4.69, 9.17) is 47.0 Å². The summed E-state index contributed by atoms with van der Waals surface area (Å²) in [6.45, 7) is 0.761. The lowest BCUT2D eigenvalue weighted by molar-refractivity contribution is 0.249. The Balaban J connectivity index is 0.777. The first-order valence-corrected chi connectivity index (χ1v) is 32.6. The molecular formula is C84H58N8O8. The zero-order valence-electron chi connectivity index (χ0n) is 53.5. The summed E-state index contributed by atoms with van der Waals surface area (Å²) in [6.07, 6.45) is 8.30. The predicted octanol–water partition coefficient (Wildman–Crippen LogP) is 20.3. The lowest BCUT2D eigenvalue weighted by Crippen LogP contribution is -1.94. The minimum atomic E-state index is 0.190. The molecule has 0 amide bonds. The van der Waals surface area contributed by atoms with E-state index in [-0.39, 0.29) is 26.4 Å². The number of rotatable bonds is 20. The summed E-state index contributed by atoms with van der Waals surface area (Å²) in [5, 5.41) is 17.2. The van der Waals surface area contributed by atoms with Crippen molar-refractivity contribution in [1.82, 2.24) is 40.6 Å². The first-order chi connectivity index (χ1) is 49.5. The van der Waals surface area contributed by atoms with Gasteiger partial charge in [0.05, 0.1) is 22.8 Å². The van der Waals surface area contributed by atoms with Crippen molar-refractivity contribution in [3.05, 3.63) is 313 Å². The molecule has 0 saturated heterocycles. The molecule has 15 aromatic rings. The smallest absolute Gasteiger partial charge is 0.174 e. The monoisotopic (exact) mass is 1310 g/mol. The zero-order valence-corrected chi connectivity index (χ0v) is 53.5. The maximum atomic E-state index is 6.33. The molecule has 0 saturated carbocycles. The molecule has 0 fully saturated rings. The Morgan fingerprint density at radius 2 is 0.460 bits per heavy atom. The van der Waals surface area contributed by atoms with Gasteiger partial charge in [0, 0.05) is 90.8 Å². The quantitative estimate of drug-likeness (QED) is 0.0730. The number of hydrogen-bond donors (Lipinski definition) is 2. The van der Waals surface area contributed by atoms with Crippen molar-refractivity contribution in [3.8, 4) is 113 Å². The van der Waals surface area contributed by atoms with Crippen molar-refractivity contribution in [3.63, 3.8) is 0 Å². The molecule has 0 radical (unpaired) electrons. The van der Waals surface area contributed by atoms with Crippen LogP contribution in [0.25, 0.3) is 136 Å². The first kappa shape index (κ1) is 60.1. The van der Waals surface area contributed by atoms with Gasteiger partial charge in [0.1, 0.15) is 72.2 Å². The van der Waals surface area contributed by atoms with E-state index in [1.807, 2.05) is 194 Å². The number of aromatic amines is 2. The van der Waals surface area contributed by atoms with Crippen molar-refractivity contribution in [1.29, 1.82) is 0 Å². The van der Waals surface area contributed by atoms with Crippen LogP contribution in [0.5, 0.6) is 23.0 Å². The van der Waals surface area contributed by atoms with Crippen LogP contribution in [0.1, 0.15) is 45.8 Å². The number of benzene rings is 8. The fourth-order valence-electron chi connectivity index (χ4n) is 12.4. The van der Waals surface area contributed by atoms with Gasteiger partial charge in [-0.2, -0.15) is 0 Å². The minimum Gasteiger partial charge on any atom is -0.486 e. The number of nitrogens with one attached hydrogen (secondary N) is 2. The molecule has 0 aliphatic carbocycles. The zero-order chi connectivity index (χ0) is 66.6. The molecule has 7 aromatic heterocycles. The largest absolute Gasteiger partial charge is 0.486 e. The van der Waals surface area contributed by atoms with Gasteiger partial charge in [-0.1, -0.05) is 190 Å². The average molecular weight is 1310 g/mol. The summed E-state index contributed by atoms with van der Waals surface area (Å²) in [4.78, 5) is 18.9. The van der Waals surface area contributed by atoms with Gasteiger partial charge in [-0.15, -0.1) is 0 Å². The Bertz CT molecular complexity index is 4950. The van der Waals surface area contributed by atoms with Crippen LogP contribution in [-0.2, 0) is 26.4 Å². The van der Waals surface area contributed by atoms with Gasteiger partial charge in [-0.3, -0.25) is 0 Å². The van der Waals surface area contributed by atoms with Crippen LogP contribution >= 0.6 is 0 Å². The highest BCUT2D eigenvalue weighted by atomic mass is 16.5. The van der Waals surface area contributed by atoms with E-state index in [1.54, 1.807) is 0 Å². The first-order valence-electron chi connectivity index (χ1n) is 32.6. The summed E-state index contributed by atoms with van der Waals surface area (Å²) >= 11 is 0. The van der Waals surface area contributed by atoms with E-state index in [9.17, 15) is 0 Å². The van der Waals surface area contributed by atoms with Crippen LogP contribution < -0.4 is 18.9 Å². The Morgan fingerprint density at radius 1 is 0.240 bits per heavy atom. The van der Waals surface area contributed by atoms with Crippen molar-refractivity contribution in [2.45, 2.75) is 26.4 Å². The highest BCUT2D eigenvalue weighted by Crippen LogP contribution is 2.41. The maximum absolute atomic E-state index is 6.33. The SMILES string of the molecule is C1=Cc2nc1c(-c1ccc(OCc3cc(-c4ccccc4)no3)cc1)c1ccc([nH]1)c(-c1ccc(OCc3cc(-c4ccccc4)no3)cc1)c1nc(c(-c3ccc(OCc4cc(-c5ccccc5)no4)cc3)c3ccc([nH]3)c2-c2ccc(OCc3cc(-c4ccccc4)no3)cc2)C=C1. The van der Waals surface area contributed by atoms with E-state index in [0.29, 0.717) is 46.0 Å². The molecular weight excluding hydrogens is 1250 g/mol. The molecule has 2 N–H and O–H groups in total. The molecule has 0 unspecified atom stereocenters. The number of H-pyrrole nitrogens is 2. The van der Waals surface area contributed by atoms with Gasteiger partial charge in [0.25, 0.3) is 0 Å². The number of hydrogen-bond acceptors (Lipinski definition) is 14. The van der Waals surface area contributed by atoms with E-state index in [1.165, 1.54) is 0 Å². The normalized spacial score (nSPS) is 11.7. The molecule has 16 heteroatoms. The van der Waals surface area contributed by atoms with Crippen LogP contribution in [0.4, 0.5) is 0 Å². The van der Waals surface area contributed by atoms with Gasteiger partial charge in [-0.25, -0.2) is 9.97 Å². The summed E-state index contributed by atoms with van der Waals surface area (Å²) in [7, 11) is 0. The number of nitrogens with zero attached hydrogens (tertiary/aromatic N) is 6. The van der Waals surface area contributed by atoms with Crippen LogP contribution in [0, 0.1) is 0 Å². The Labute approximate surface area is 572 Å². The van der Waals surface area contributed by atoms with Crippen molar-refractivity contribution in [2.24, 2.45) is 0 Å². The van der Waals surface area contributed by atoms with Gasteiger partial charge < -0.3 is 47.0 Å². The number of ether oxygens (including phenoxy) is 4. The van der Waals surface area contributed by atoms with Crippen molar-refractivity contribution < 1.29 is 37.0 Å². The summed E-state index contributed by atoms with van der Waals surface area (Å²) < 4.78 is 48.1. The molecule has 482 valence electrons. The lowest BCUT2D eigenvalue weighted by atomic mass is 10.0. The standard InChI is InChI=1S/C84H58N8O8/c1-5-13-53(14-6-1)77-45-65(97-89-77)49-93-61-29-21-57(22-30-61)81-69-37-39-71(85-69)82(58-23-31-62(32-24-58)94-50-66-46-78(90-98-66)54-15-7-2-8-16-54)73-41-43-75(87-73)84(60-27-35-64(36-28-60)96-52-68-48-80(92-100-68)56-19-11-4-12-20-56)76-44-42-74(88-76)83(72-40-38-70(81)86-72)59-25-33-63(34-26-59)95-51-67-47-79(91-99-67)55-17-9-3-10-18-55/h1-48,85,88H,49-52H2. The Kier molecular flexibility index (Phi) is 16.2. The van der Waals surface area contributed by atoms with Crippen molar-refractivity contribution in [2.75, 3.05) is 0 Å².